The zero-order valence-corrected chi connectivity index (χ0v) is 11.7. The van der Waals surface area contributed by atoms with E-state index in [4.69, 9.17) is 0 Å². The van der Waals surface area contributed by atoms with E-state index in [1.807, 2.05) is 20.8 Å². The van der Waals surface area contributed by atoms with Gasteiger partial charge in [0.1, 0.15) is 5.54 Å². The van der Waals surface area contributed by atoms with Crippen LogP contribution in [0, 0.1) is 0 Å². The molecule has 0 aliphatic heterocycles. The zero-order valence-electron chi connectivity index (χ0n) is 11.7. The van der Waals surface area contributed by atoms with E-state index in [9.17, 15) is 14.7 Å². The third kappa shape index (κ3) is 3.22. The molecule has 3 N–H and O–H groups in total. The Kier molecular flexibility index (Phi) is 4.37. The first-order valence-corrected chi connectivity index (χ1v) is 6.55. The second-order valence-corrected chi connectivity index (χ2v) is 5.83. The molecule has 5 nitrogen and oxygen atoms in total. The summed E-state index contributed by atoms with van der Waals surface area (Å²) in [6.07, 6.45) is 2.91. The van der Waals surface area contributed by atoms with Gasteiger partial charge in [-0.05, 0) is 46.5 Å². The Morgan fingerprint density at radius 2 is 1.94 bits per heavy atom. The fourth-order valence-corrected chi connectivity index (χ4v) is 1.96. The predicted octanol–water partition coefficient (Wildman–Crippen LogP) is 1.28. The topological polar surface area (TPSA) is 78.4 Å². The average Bonchev–Trinajstić information content (AvgIpc) is 2.21. The molecule has 0 heterocycles. The van der Waals surface area contributed by atoms with E-state index >= 15 is 0 Å². The minimum Gasteiger partial charge on any atom is -0.480 e. The molecule has 0 aromatic carbocycles. The number of carboxylic acid groups (broad SMARTS) is 1. The first-order valence-electron chi connectivity index (χ1n) is 6.55. The SMILES string of the molecule is CCC(C)(C)NC(=O)C(C)NC1(C(=O)O)CCC1. The van der Waals surface area contributed by atoms with E-state index in [0.29, 0.717) is 12.8 Å². The molecule has 0 radical (unpaired) electrons. The van der Waals surface area contributed by atoms with E-state index < -0.39 is 17.6 Å². The van der Waals surface area contributed by atoms with Gasteiger partial charge in [0.15, 0.2) is 0 Å². The summed E-state index contributed by atoms with van der Waals surface area (Å²) in [5, 5.41) is 15.1. The molecule has 0 aromatic heterocycles. The summed E-state index contributed by atoms with van der Waals surface area (Å²) in [6, 6.07) is -0.493. The first-order chi connectivity index (χ1) is 8.22. The third-order valence-electron chi connectivity index (χ3n) is 3.85. The molecule has 1 atom stereocenters. The second kappa shape index (κ2) is 5.26. The van der Waals surface area contributed by atoms with Gasteiger partial charge >= 0.3 is 5.97 Å². The van der Waals surface area contributed by atoms with Crippen molar-refractivity contribution in [2.75, 3.05) is 0 Å². The van der Waals surface area contributed by atoms with Crippen molar-refractivity contribution >= 4 is 11.9 Å². The molecule has 1 aliphatic rings. The lowest BCUT2D eigenvalue weighted by Gasteiger charge is -2.40. The highest BCUT2D eigenvalue weighted by Crippen LogP contribution is 2.32. The van der Waals surface area contributed by atoms with Gasteiger partial charge < -0.3 is 10.4 Å². The number of hydrogen-bond acceptors (Lipinski definition) is 3. The first kappa shape index (κ1) is 15.0. The molecule has 1 saturated carbocycles. The van der Waals surface area contributed by atoms with Crippen molar-refractivity contribution in [2.45, 2.75) is 70.5 Å². The van der Waals surface area contributed by atoms with Crippen LogP contribution in [0.25, 0.3) is 0 Å². The number of carbonyl (C=O) groups excluding carboxylic acids is 1. The maximum absolute atomic E-state index is 12.0. The van der Waals surface area contributed by atoms with Crippen LogP contribution in [0.15, 0.2) is 0 Å². The molecule has 0 spiro atoms. The smallest absolute Gasteiger partial charge is 0.323 e. The van der Waals surface area contributed by atoms with Crippen LogP contribution in [-0.4, -0.2) is 34.1 Å². The molecule has 1 amide bonds. The van der Waals surface area contributed by atoms with Gasteiger partial charge in [0.05, 0.1) is 6.04 Å². The van der Waals surface area contributed by atoms with Gasteiger partial charge in [-0.3, -0.25) is 14.9 Å². The molecular weight excluding hydrogens is 232 g/mol. The van der Waals surface area contributed by atoms with Crippen LogP contribution in [0.5, 0.6) is 0 Å². The van der Waals surface area contributed by atoms with Crippen LogP contribution in [-0.2, 0) is 9.59 Å². The third-order valence-corrected chi connectivity index (χ3v) is 3.85. The lowest BCUT2D eigenvalue weighted by atomic mass is 9.76. The number of carboxylic acids is 1. The van der Waals surface area contributed by atoms with Crippen LogP contribution in [0.3, 0.4) is 0 Å². The van der Waals surface area contributed by atoms with Crippen molar-refractivity contribution < 1.29 is 14.7 Å². The van der Waals surface area contributed by atoms with E-state index in [-0.39, 0.29) is 11.4 Å². The predicted molar refractivity (Wildman–Crippen MR) is 69.3 cm³/mol. The van der Waals surface area contributed by atoms with Crippen LogP contribution in [0.2, 0.25) is 0 Å². The molecule has 18 heavy (non-hydrogen) atoms. The van der Waals surface area contributed by atoms with E-state index in [0.717, 1.165) is 12.8 Å². The van der Waals surface area contributed by atoms with Gasteiger partial charge in [-0.2, -0.15) is 0 Å². The van der Waals surface area contributed by atoms with Gasteiger partial charge in [0, 0.05) is 5.54 Å². The Balaban J connectivity index is 2.57. The summed E-state index contributed by atoms with van der Waals surface area (Å²) in [4.78, 5) is 23.2. The summed E-state index contributed by atoms with van der Waals surface area (Å²) in [7, 11) is 0. The van der Waals surface area contributed by atoms with Crippen LogP contribution in [0.1, 0.15) is 53.4 Å². The van der Waals surface area contributed by atoms with E-state index in [1.54, 1.807) is 6.92 Å². The Hall–Kier alpha value is -1.10. The second-order valence-electron chi connectivity index (χ2n) is 5.83. The maximum atomic E-state index is 12.0. The lowest BCUT2D eigenvalue weighted by molar-refractivity contribution is -0.149. The van der Waals surface area contributed by atoms with Crippen molar-refractivity contribution in [3.05, 3.63) is 0 Å². The molecule has 1 aliphatic carbocycles. The minimum absolute atomic E-state index is 0.144. The summed E-state index contributed by atoms with van der Waals surface area (Å²) in [5.74, 6) is -1.00. The monoisotopic (exact) mass is 256 g/mol. The Labute approximate surface area is 108 Å². The Morgan fingerprint density at radius 1 is 1.39 bits per heavy atom. The zero-order chi connectivity index (χ0) is 14.0. The molecule has 0 bridgehead atoms. The molecule has 104 valence electrons. The number of rotatable bonds is 6. The molecule has 1 unspecified atom stereocenters. The Morgan fingerprint density at radius 3 is 2.28 bits per heavy atom. The van der Waals surface area contributed by atoms with Crippen molar-refractivity contribution in [3.63, 3.8) is 0 Å². The highest BCUT2D eigenvalue weighted by molar-refractivity contribution is 5.85. The summed E-state index contributed by atoms with van der Waals surface area (Å²) in [5.41, 5.74) is -1.16. The number of nitrogens with one attached hydrogen (secondary N) is 2. The summed E-state index contributed by atoms with van der Waals surface area (Å²) >= 11 is 0. The van der Waals surface area contributed by atoms with Gasteiger partial charge in [-0.1, -0.05) is 6.92 Å². The van der Waals surface area contributed by atoms with Crippen LogP contribution < -0.4 is 10.6 Å². The van der Waals surface area contributed by atoms with Gasteiger partial charge in [-0.15, -0.1) is 0 Å². The van der Waals surface area contributed by atoms with Crippen molar-refractivity contribution in [3.8, 4) is 0 Å². The van der Waals surface area contributed by atoms with Gasteiger partial charge in [-0.25, -0.2) is 0 Å². The maximum Gasteiger partial charge on any atom is 0.323 e. The van der Waals surface area contributed by atoms with Crippen molar-refractivity contribution in [1.29, 1.82) is 0 Å². The minimum atomic E-state index is -0.896. The lowest BCUT2D eigenvalue weighted by Crippen LogP contribution is -2.63. The summed E-state index contributed by atoms with van der Waals surface area (Å²) in [6.45, 7) is 7.62. The molecular formula is C13H24N2O3. The normalized spacial score (nSPS) is 19.8. The van der Waals surface area contributed by atoms with Gasteiger partial charge in [0.25, 0.3) is 0 Å². The van der Waals surface area contributed by atoms with E-state index in [2.05, 4.69) is 10.6 Å². The largest absolute Gasteiger partial charge is 0.480 e. The number of amides is 1. The molecule has 0 saturated heterocycles. The summed E-state index contributed by atoms with van der Waals surface area (Å²) < 4.78 is 0. The molecule has 1 rings (SSSR count). The fraction of sp³-hybridized carbons (Fsp3) is 0.846. The molecule has 0 aromatic rings. The van der Waals surface area contributed by atoms with Crippen LogP contribution in [0.4, 0.5) is 0 Å². The van der Waals surface area contributed by atoms with Crippen molar-refractivity contribution in [2.24, 2.45) is 0 Å². The standard InChI is InChI=1S/C13H24N2O3/c1-5-12(3,4)15-10(16)9(2)14-13(11(17)18)7-6-8-13/h9,14H,5-8H2,1-4H3,(H,15,16)(H,17,18). The highest BCUT2D eigenvalue weighted by atomic mass is 16.4. The quantitative estimate of drug-likeness (QED) is 0.669. The Bertz CT molecular complexity index is 335. The number of aliphatic carboxylic acids is 1. The molecule has 1 fully saturated rings. The average molecular weight is 256 g/mol. The molecule has 5 heteroatoms. The number of carbonyl (C=O) groups is 2. The fourth-order valence-electron chi connectivity index (χ4n) is 1.96. The van der Waals surface area contributed by atoms with E-state index in [1.165, 1.54) is 0 Å². The number of hydrogen-bond donors (Lipinski definition) is 3. The van der Waals surface area contributed by atoms with Crippen LogP contribution >= 0.6 is 0 Å². The highest BCUT2D eigenvalue weighted by Gasteiger charge is 2.46. The van der Waals surface area contributed by atoms with Gasteiger partial charge in [0.2, 0.25) is 5.91 Å². The van der Waals surface area contributed by atoms with Crippen molar-refractivity contribution in [1.82, 2.24) is 10.6 Å².